The van der Waals surface area contributed by atoms with Gasteiger partial charge in [-0.2, -0.15) is 0 Å². The average molecular weight is 247 g/mol. The molecule has 1 aromatic rings. The SMILES string of the molecule is O=C(O)C1CCCC2C(c3ccncc3)NNC12. The molecule has 96 valence electrons. The summed E-state index contributed by atoms with van der Waals surface area (Å²) in [5, 5.41) is 9.26. The van der Waals surface area contributed by atoms with Crippen LogP contribution in [-0.2, 0) is 4.79 Å². The lowest BCUT2D eigenvalue weighted by Gasteiger charge is -2.32. The van der Waals surface area contributed by atoms with E-state index in [1.165, 1.54) is 5.56 Å². The number of pyridine rings is 1. The Morgan fingerprint density at radius 3 is 2.78 bits per heavy atom. The van der Waals surface area contributed by atoms with Crippen molar-refractivity contribution in [2.45, 2.75) is 31.3 Å². The van der Waals surface area contributed by atoms with E-state index in [0.717, 1.165) is 19.3 Å². The summed E-state index contributed by atoms with van der Waals surface area (Å²) >= 11 is 0. The zero-order chi connectivity index (χ0) is 12.5. The number of carboxylic acid groups (broad SMARTS) is 1. The third-order valence-corrected chi connectivity index (χ3v) is 4.16. The predicted octanol–water partition coefficient (Wildman–Crippen LogP) is 1.10. The molecule has 0 amide bonds. The van der Waals surface area contributed by atoms with Gasteiger partial charge in [-0.15, -0.1) is 0 Å². The number of hydrazine groups is 1. The summed E-state index contributed by atoms with van der Waals surface area (Å²) in [7, 11) is 0. The van der Waals surface area contributed by atoms with Crippen LogP contribution in [0, 0.1) is 11.8 Å². The van der Waals surface area contributed by atoms with E-state index < -0.39 is 5.97 Å². The van der Waals surface area contributed by atoms with Crippen molar-refractivity contribution in [2.24, 2.45) is 11.8 Å². The summed E-state index contributed by atoms with van der Waals surface area (Å²) in [6.07, 6.45) is 6.39. The molecule has 2 fully saturated rings. The quantitative estimate of drug-likeness (QED) is 0.729. The van der Waals surface area contributed by atoms with Crippen molar-refractivity contribution in [1.29, 1.82) is 0 Å². The van der Waals surface area contributed by atoms with Crippen molar-refractivity contribution >= 4 is 5.97 Å². The molecule has 2 aliphatic rings. The normalized spacial score (nSPS) is 35.1. The Kier molecular flexibility index (Phi) is 3.01. The van der Waals surface area contributed by atoms with Gasteiger partial charge in [-0.1, -0.05) is 6.42 Å². The third-order valence-electron chi connectivity index (χ3n) is 4.16. The van der Waals surface area contributed by atoms with E-state index in [9.17, 15) is 9.90 Å². The van der Waals surface area contributed by atoms with Crippen LogP contribution in [0.5, 0.6) is 0 Å². The van der Waals surface area contributed by atoms with Crippen molar-refractivity contribution in [3.8, 4) is 0 Å². The van der Waals surface area contributed by atoms with Gasteiger partial charge in [0, 0.05) is 18.4 Å². The highest BCUT2D eigenvalue weighted by Gasteiger charge is 2.45. The fourth-order valence-electron chi connectivity index (χ4n) is 3.28. The fourth-order valence-corrected chi connectivity index (χ4v) is 3.28. The molecule has 0 spiro atoms. The highest BCUT2D eigenvalue weighted by Crippen LogP contribution is 2.40. The second-order valence-electron chi connectivity index (χ2n) is 5.11. The fraction of sp³-hybridized carbons (Fsp3) is 0.538. The lowest BCUT2D eigenvalue weighted by Crippen LogP contribution is -2.43. The molecule has 18 heavy (non-hydrogen) atoms. The third kappa shape index (κ3) is 1.89. The van der Waals surface area contributed by atoms with Gasteiger partial charge in [-0.25, -0.2) is 5.43 Å². The molecule has 1 saturated heterocycles. The Hall–Kier alpha value is -1.46. The van der Waals surface area contributed by atoms with Crippen LogP contribution in [0.3, 0.4) is 0 Å². The molecular weight excluding hydrogens is 230 g/mol. The highest BCUT2D eigenvalue weighted by atomic mass is 16.4. The molecular formula is C13H17N3O2. The number of nitrogens with one attached hydrogen (secondary N) is 2. The molecule has 0 radical (unpaired) electrons. The van der Waals surface area contributed by atoms with Gasteiger partial charge < -0.3 is 5.11 Å². The first-order chi connectivity index (χ1) is 8.77. The lowest BCUT2D eigenvalue weighted by molar-refractivity contribution is -0.144. The van der Waals surface area contributed by atoms with Gasteiger partial charge in [-0.3, -0.25) is 15.2 Å². The predicted molar refractivity (Wildman–Crippen MR) is 65.5 cm³/mol. The van der Waals surface area contributed by atoms with Crippen molar-refractivity contribution < 1.29 is 9.90 Å². The summed E-state index contributed by atoms with van der Waals surface area (Å²) in [6, 6.07) is 4.22. The molecule has 4 unspecified atom stereocenters. The number of hydrogen-bond acceptors (Lipinski definition) is 4. The first kappa shape index (κ1) is 11.6. The zero-order valence-electron chi connectivity index (χ0n) is 10.0. The van der Waals surface area contributed by atoms with E-state index >= 15 is 0 Å². The molecule has 2 heterocycles. The average Bonchev–Trinajstić information content (AvgIpc) is 2.83. The topological polar surface area (TPSA) is 74.2 Å². The van der Waals surface area contributed by atoms with E-state index in [-0.39, 0.29) is 18.0 Å². The summed E-state index contributed by atoms with van der Waals surface area (Å²) in [6.45, 7) is 0. The summed E-state index contributed by atoms with van der Waals surface area (Å²) in [5.41, 5.74) is 7.62. The van der Waals surface area contributed by atoms with Crippen LogP contribution in [0.4, 0.5) is 0 Å². The second kappa shape index (κ2) is 4.66. The number of hydrogen-bond donors (Lipinski definition) is 3. The molecule has 1 aliphatic heterocycles. The monoisotopic (exact) mass is 247 g/mol. The van der Waals surface area contributed by atoms with E-state index in [0.29, 0.717) is 5.92 Å². The van der Waals surface area contributed by atoms with E-state index in [1.54, 1.807) is 12.4 Å². The van der Waals surface area contributed by atoms with Crippen LogP contribution in [0.2, 0.25) is 0 Å². The van der Waals surface area contributed by atoms with Gasteiger partial charge in [0.15, 0.2) is 0 Å². The van der Waals surface area contributed by atoms with Crippen LogP contribution < -0.4 is 10.9 Å². The van der Waals surface area contributed by atoms with Gasteiger partial charge in [0.25, 0.3) is 0 Å². The first-order valence-electron chi connectivity index (χ1n) is 6.41. The molecule has 3 N–H and O–H groups in total. The molecule has 0 bridgehead atoms. The molecule has 1 saturated carbocycles. The van der Waals surface area contributed by atoms with Crippen LogP contribution in [0.15, 0.2) is 24.5 Å². The molecule has 5 nitrogen and oxygen atoms in total. The van der Waals surface area contributed by atoms with Gasteiger partial charge >= 0.3 is 5.97 Å². The van der Waals surface area contributed by atoms with Crippen molar-refractivity contribution in [3.63, 3.8) is 0 Å². The van der Waals surface area contributed by atoms with Gasteiger partial charge in [0.05, 0.1) is 12.0 Å². The standard InChI is InChI=1S/C13H17N3O2/c17-13(18)10-3-1-2-9-11(15-16-12(9)10)8-4-6-14-7-5-8/h4-7,9-12,15-16H,1-3H2,(H,17,18). The Morgan fingerprint density at radius 1 is 1.28 bits per heavy atom. The molecule has 0 aromatic carbocycles. The zero-order valence-corrected chi connectivity index (χ0v) is 10.0. The van der Waals surface area contributed by atoms with Gasteiger partial charge in [-0.05, 0) is 36.5 Å². The molecule has 1 aliphatic carbocycles. The lowest BCUT2D eigenvalue weighted by atomic mass is 9.74. The first-order valence-corrected chi connectivity index (χ1v) is 6.41. The van der Waals surface area contributed by atoms with E-state index in [2.05, 4.69) is 15.8 Å². The number of carbonyl (C=O) groups is 1. The van der Waals surface area contributed by atoms with Crippen LogP contribution >= 0.6 is 0 Å². The Balaban J connectivity index is 1.83. The minimum absolute atomic E-state index is 0.0365. The van der Waals surface area contributed by atoms with Gasteiger partial charge in [0.2, 0.25) is 0 Å². The number of aliphatic carboxylic acids is 1. The van der Waals surface area contributed by atoms with E-state index in [1.807, 2.05) is 12.1 Å². The number of fused-ring (bicyclic) bond motifs is 1. The second-order valence-corrected chi connectivity index (χ2v) is 5.11. The minimum atomic E-state index is -0.686. The number of aromatic nitrogens is 1. The van der Waals surface area contributed by atoms with Crippen LogP contribution in [0.25, 0.3) is 0 Å². The van der Waals surface area contributed by atoms with Crippen molar-refractivity contribution in [2.75, 3.05) is 0 Å². The Bertz CT molecular complexity index is 437. The van der Waals surface area contributed by atoms with Crippen LogP contribution in [-0.4, -0.2) is 22.1 Å². The summed E-state index contributed by atoms with van der Waals surface area (Å²) in [4.78, 5) is 15.3. The van der Waals surface area contributed by atoms with E-state index in [4.69, 9.17) is 0 Å². The van der Waals surface area contributed by atoms with Crippen LogP contribution in [0.1, 0.15) is 30.9 Å². The number of rotatable bonds is 2. The maximum Gasteiger partial charge on any atom is 0.308 e. The highest BCUT2D eigenvalue weighted by molar-refractivity contribution is 5.71. The molecule has 3 rings (SSSR count). The van der Waals surface area contributed by atoms with Crippen molar-refractivity contribution in [1.82, 2.24) is 15.8 Å². The number of carboxylic acids is 1. The smallest absolute Gasteiger partial charge is 0.308 e. The van der Waals surface area contributed by atoms with Gasteiger partial charge in [0.1, 0.15) is 0 Å². The molecule has 5 heteroatoms. The Labute approximate surface area is 106 Å². The molecule has 1 aromatic heterocycles. The Morgan fingerprint density at radius 2 is 2.06 bits per heavy atom. The summed E-state index contributed by atoms with van der Waals surface area (Å²) < 4.78 is 0. The maximum absolute atomic E-state index is 11.3. The largest absolute Gasteiger partial charge is 0.481 e. The molecule has 4 atom stereocenters. The minimum Gasteiger partial charge on any atom is -0.481 e. The number of nitrogens with zero attached hydrogens (tertiary/aromatic N) is 1. The maximum atomic E-state index is 11.3. The van der Waals surface area contributed by atoms with Crippen molar-refractivity contribution in [3.05, 3.63) is 30.1 Å². The summed E-state index contributed by atoms with van der Waals surface area (Å²) in [5.74, 6) is -0.611.